The summed E-state index contributed by atoms with van der Waals surface area (Å²) in [5, 5.41) is 11.6. The van der Waals surface area contributed by atoms with Gasteiger partial charge in [-0.3, -0.25) is 19.5 Å². The number of benzene rings is 2. The Morgan fingerprint density at radius 3 is 2.58 bits per heavy atom. The van der Waals surface area contributed by atoms with Gasteiger partial charge in [0.1, 0.15) is 29.1 Å². The number of carbonyl (C=O) groups is 1. The van der Waals surface area contributed by atoms with Gasteiger partial charge in [-0.05, 0) is 69.2 Å². The molecule has 45 heavy (non-hydrogen) atoms. The summed E-state index contributed by atoms with van der Waals surface area (Å²) in [5.41, 5.74) is 2.88. The van der Waals surface area contributed by atoms with Gasteiger partial charge in [-0.2, -0.15) is 0 Å². The van der Waals surface area contributed by atoms with Crippen molar-refractivity contribution in [2.45, 2.75) is 46.6 Å². The number of methoxy groups -OCH3 is 2. The number of nitro benzene ring substituents is 1. The molecule has 2 aromatic carbocycles. The van der Waals surface area contributed by atoms with Gasteiger partial charge >= 0.3 is 5.97 Å². The molecule has 1 atom stereocenters. The van der Waals surface area contributed by atoms with Crippen LogP contribution < -0.4 is 24.4 Å². The average molecular weight is 632 g/mol. The second-order valence-electron chi connectivity index (χ2n) is 10.4. The number of rotatable bonds is 10. The molecule has 4 aromatic rings. The Morgan fingerprint density at radius 2 is 1.91 bits per heavy atom. The summed E-state index contributed by atoms with van der Waals surface area (Å²) >= 11 is 1.17. The van der Waals surface area contributed by atoms with Gasteiger partial charge in [-0.1, -0.05) is 24.7 Å². The fraction of sp³-hybridized carbons (Fsp3) is 0.303. The molecule has 0 unspecified atom stereocenters. The molecule has 5 rings (SSSR count). The largest absolute Gasteiger partial charge is 0.497 e. The predicted octanol–water partition coefficient (Wildman–Crippen LogP) is 5.38. The smallest absolute Gasteiger partial charge is 0.338 e. The van der Waals surface area contributed by atoms with E-state index in [1.54, 1.807) is 50.3 Å². The lowest BCUT2D eigenvalue weighted by atomic mass is 9.93. The quantitative estimate of drug-likeness (QED) is 0.129. The molecule has 0 radical (unpaired) electrons. The van der Waals surface area contributed by atoms with Crippen LogP contribution in [0.1, 0.15) is 55.2 Å². The van der Waals surface area contributed by atoms with Crippen LogP contribution >= 0.6 is 11.3 Å². The second-order valence-corrected chi connectivity index (χ2v) is 11.4. The number of esters is 1. The van der Waals surface area contributed by atoms with Gasteiger partial charge in [0.05, 0.1) is 41.6 Å². The molecule has 0 saturated heterocycles. The van der Waals surface area contributed by atoms with Crippen molar-refractivity contribution in [1.29, 1.82) is 0 Å². The van der Waals surface area contributed by atoms with Crippen molar-refractivity contribution in [2.24, 2.45) is 4.99 Å². The summed E-state index contributed by atoms with van der Waals surface area (Å²) in [6.07, 6.45) is 2.81. The zero-order valence-electron chi connectivity index (χ0n) is 25.8. The van der Waals surface area contributed by atoms with Gasteiger partial charge in [-0.25, -0.2) is 9.79 Å². The lowest BCUT2D eigenvalue weighted by molar-refractivity contribution is -0.385. The molecule has 12 heteroatoms. The highest BCUT2D eigenvalue weighted by Crippen LogP contribution is 2.39. The number of allylic oxidation sites excluding steroid dienone is 1. The number of aromatic nitrogens is 1. The fourth-order valence-corrected chi connectivity index (χ4v) is 6.36. The van der Waals surface area contributed by atoms with Crippen LogP contribution in [-0.4, -0.2) is 36.3 Å². The Bertz CT molecular complexity index is 2020. The molecule has 0 fully saturated rings. The molecule has 2 aromatic heterocycles. The van der Waals surface area contributed by atoms with E-state index in [4.69, 9.17) is 23.6 Å². The molecule has 3 heterocycles. The van der Waals surface area contributed by atoms with Crippen molar-refractivity contribution in [2.75, 3.05) is 20.8 Å². The standard InChI is InChI=1S/C33H33N3O8S/c1-7-9-24-29(32(38)43-8-2)30(23-16-21(41-5)10-13-27(23)42-6)35-31(37)28(45-33(35)34-24)17-22-11-12-26(44-22)20-14-18(3)19(4)25(15-20)36(39)40/h10-17,30H,7-9H2,1-6H3/b28-17-/t30-/m0/s1. The molecule has 11 nitrogen and oxygen atoms in total. The van der Waals surface area contributed by atoms with Gasteiger partial charge in [0.15, 0.2) is 4.80 Å². The Labute approximate surface area is 262 Å². The maximum Gasteiger partial charge on any atom is 0.338 e. The van der Waals surface area contributed by atoms with Gasteiger partial charge in [0.25, 0.3) is 11.2 Å². The molecule has 0 saturated carbocycles. The number of furan rings is 1. The van der Waals surface area contributed by atoms with Crippen LogP contribution in [0.4, 0.5) is 5.69 Å². The first-order valence-corrected chi connectivity index (χ1v) is 15.2. The lowest BCUT2D eigenvalue weighted by Gasteiger charge is -2.27. The van der Waals surface area contributed by atoms with Crippen molar-refractivity contribution in [3.8, 4) is 22.8 Å². The zero-order chi connectivity index (χ0) is 32.4. The molecule has 0 N–H and O–H groups in total. The minimum atomic E-state index is -0.891. The summed E-state index contributed by atoms with van der Waals surface area (Å²) in [5.74, 6) is 1.24. The summed E-state index contributed by atoms with van der Waals surface area (Å²) in [6.45, 7) is 7.38. The topological polar surface area (TPSA) is 135 Å². The Kier molecular flexibility index (Phi) is 9.05. The Hall–Kier alpha value is -4.97. The predicted molar refractivity (Wildman–Crippen MR) is 169 cm³/mol. The minimum absolute atomic E-state index is 0.00418. The highest BCUT2D eigenvalue weighted by molar-refractivity contribution is 7.07. The Morgan fingerprint density at radius 1 is 1.13 bits per heavy atom. The number of fused-ring (bicyclic) bond motifs is 1. The first kappa shape index (κ1) is 31.5. The third-order valence-electron chi connectivity index (χ3n) is 7.64. The summed E-state index contributed by atoms with van der Waals surface area (Å²) in [7, 11) is 3.06. The monoisotopic (exact) mass is 631 g/mol. The SMILES string of the molecule is CCCC1=C(C(=O)OCC)[C@H](c2cc(OC)ccc2OC)n2c(s/c(=C\c3ccc(-c4cc(C)c(C)c([N+](=O)[O-])c4)o3)c2=O)=N1. The van der Waals surface area contributed by atoms with Crippen LogP contribution in [0.25, 0.3) is 17.4 Å². The third-order valence-corrected chi connectivity index (χ3v) is 8.63. The van der Waals surface area contributed by atoms with E-state index < -0.39 is 16.9 Å². The number of nitrogens with zero attached hydrogens (tertiary/aromatic N) is 3. The van der Waals surface area contributed by atoms with Crippen molar-refractivity contribution in [3.05, 3.63) is 106 Å². The van der Waals surface area contributed by atoms with Gasteiger partial charge in [0.2, 0.25) is 0 Å². The van der Waals surface area contributed by atoms with Gasteiger partial charge < -0.3 is 18.6 Å². The normalized spacial score (nSPS) is 14.6. The van der Waals surface area contributed by atoms with Crippen molar-refractivity contribution < 1.29 is 28.3 Å². The summed E-state index contributed by atoms with van der Waals surface area (Å²) in [4.78, 5) is 44.0. The van der Waals surface area contributed by atoms with Crippen LogP contribution in [0.2, 0.25) is 0 Å². The number of nitro groups is 1. The van der Waals surface area contributed by atoms with Crippen molar-refractivity contribution >= 4 is 29.1 Å². The van der Waals surface area contributed by atoms with Crippen LogP contribution in [0.15, 0.2) is 67.9 Å². The molecular weight excluding hydrogens is 598 g/mol. The Balaban J connectivity index is 1.70. The molecule has 0 amide bonds. The molecule has 0 spiro atoms. The molecule has 0 aliphatic carbocycles. The molecule has 1 aliphatic rings. The maximum absolute atomic E-state index is 14.1. The number of aryl methyl sites for hydroxylation is 1. The number of hydrogen-bond donors (Lipinski definition) is 0. The summed E-state index contributed by atoms with van der Waals surface area (Å²) in [6, 6.07) is 11.0. The summed E-state index contributed by atoms with van der Waals surface area (Å²) < 4.78 is 24.5. The van der Waals surface area contributed by atoms with E-state index in [9.17, 15) is 19.7 Å². The number of thiazole rings is 1. The number of hydrogen-bond acceptors (Lipinski definition) is 10. The first-order chi connectivity index (χ1) is 21.6. The molecular formula is C33H33N3O8S. The second kappa shape index (κ2) is 12.9. The van der Waals surface area contributed by atoms with E-state index in [1.165, 1.54) is 36.2 Å². The van der Waals surface area contributed by atoms with Gasteiger partial charge in [0, 0.05) is 28.8 Å². The molecule has 234 valence electrons. The first-order valence-electron chi connectivity index (χ1n) is 14.4. The number of carbonyl (C=O) groups excluding carboxylic acids is 1. The fourth-order valence-electron chi connectivity index (χ4n) is 5.36. The highest BCUT2D eigenvalue weighted by Gasteiger charge is 2.36. The van der Waals surface area contributed by atoms with Crippen molar-refractivity contribution in [1.82, 2.24) is 4.57 Å². The van der Waals surface area contributed by atoms with Crippen LogP contribution in [0.3, 0.4) is 0 Å². The van der Waals surface area contributed by atoms with Crippen LogP contribution in [0, 0.1) is 24.0 Å². The van der Waals surface area contributed by atoms with E-state index >= 15 is 0 Å². The van der Waals surface area contributed by atoms with E-state index in [1.807, 2.05) is 19.9 Å². The molecule has 1 aliphatic heterocycles. The van der Waals surface area contributed by atoms with Crippen molar-refractivity contribution in [3.63, 3.8) is 0 Å². The average Bonchev–Trinajstić information content (AvgIpc) is 3.61. The third kappa shape index (κ3) is 5.93. The van der Waals surface area contributed by atoms with Crippen LogP contribution in [-0.2, 0) is 9.53 Å². The zero-order valence-corrected chi connectivity index (χ0v) is 26.6. The van der Waals surface area contributed by atoms with E-state index in [2.05, 4.69) is 0 Å². The van der Waals surface area contributed by atoms with E-state index in [0.29, 0.717) is 67.6 Å². The number of ether oxygens (including phenoxy) is 3. The molecule has 0 bridgehead atoms. The highest BCUT2D eigenvalue weighted by atomic mass is 32.1. The maximum atomic E-state index is 14.1. The van der Waals surface area contributed by atoms with E-state index in [-0.39, 0.29) is 23.4 Å². The van der Waals surface area contributed by atoms with Crippen LogP contribution in [0.5, 0.6) is 11.5 Å². The minimum Gasteiger partial charge on any atom is -0.497 e. The van der Waals surface area contributed by atoms with E-state index in [0.717, 1.165) is 5.56 Å². The van der Waals surface area contributed by atoms with Gasteiger partial charge in [-0.15, -0.1) is 0 Å². The lowest BCUT2D eigenvalue weighted by Crippen LogP contribution is -2.40.